The van der Waals surface area contributed by atoms with E-state index >= 15 is 0 Å². The van der Waals surface area contributed by atoms with E-state index in [4.69, 9.17) is 5.11 Å². The molecule has 0 bridgehead atoms. The van der Waals surface area contributed by atoms with Crippen LogP contribution in [0.5, 0.6) is 0 Å². The zero-order valence-corrected chi connectivity index (χ0v) is 10.5. The van der Waals surface area contributed by atoms with Crippen LogP contribution in [-0.2, 0) is 11.3 Å². The normalized spacial score (nSPS) is 10.4. The average molecular weight is 239 g/mol. The molecule has 0 unspecified atom stereocenters. The molecule has 0 fully saturated rings. The van der Waals surface area contributed by atoms with Gasteiger partial charge >= 0.3 is 5.97 Å². The van der Waals surface area contributed by atoms with Crippen LogP contribution < -0.4 is 0 Å². The Kier molecular flexibility index (Phi) is 3.88. The molecular formula is C11H17N3O3. The molecular weight excluding hydrogens is 222 g/mol. The van der Waals surface area contributed by atoms with Gasteiger partial charge in [-0.3, -0.25) is 14.3 Å². The van der Waals surface area contributed by atoms with Gasteiger partial charge in [-0.2, -0.15) is 5.10 Å². The summed E-state index contributed by atoms with van der Waals surface area (Å²) in [6.07, 6.45) is 0. The Morgan fingerprint density at radius 1 is 1.41 bits per heavy atom. The number of likely N-dealkylation sites (N-methyl/N-ethyl adjacent to an activating group) is 1. The molecule has 17 heavy (non-hydrogen) atoms. The molecule has 1 N–H and O–H groups in total. The van der Waals surface area contributed by atoms with Crippen LogP contribution in [0.2, 0.25) is 0 Å². The van der Waals surface area contributed by atoms with E-state index in [0.29, 0.717) is 17.8 Å². The number of nitrogens with zero attached hydrogens (tertiary/aromatic N) is 3. The molecule has 1 heterocycles. The van der Waals surface area contributed by atoms with Crippen LogP contribution in [0.4, 0.5) is 0 Å². The Morgan fingerprint density at radius 2 is 2.00 bits per heavy atom. The molecule has 0 saturated heterocycles. The van der Waals surface area contributed by atoms with E-state index in [9.17, 15) is 9.59 Å². The fraction of sp³-hybridized carbons (Fsp3) is 0.545. The van der Waals surface area contributed by atoms with Crippen molar-refractivity contribution in [2.75, 3.05) is 13.6 Å². The summed E-state index contributed by atoms with van der Waals surface area (Å²) in [6, 6.07) is 0. The summed E-state index contributed by atoms with van der Waals surface area (Å²) in [5.41, 5.74) is 1.90. The second-order valence-electron chi connectivity index (χ2n) is 3.92. The van der Waals surface area contributed by atoms with Crippen molar-refractivity contribution in [2.24, 2.45) is 0 Å². The van der Waals surface area contributed by atoms with Gasteiger partial charge in [0.15, 0.2) is 0 Å². The fourth-order valence-corrected chi connectivity index (χ4v) is 1.78. The minimum atomic E-state index is -1.03. The summed E-state index contributed by atoms with van der Waals surface area (Å²) < 4.78 is 1.73. The van der Waals surface area contributed by atoms with Crippen molar-refractivity contribution >= 4 is 11.9 Å². The van der Waals surface area contributed by atoms with Gasteiger partial charge in [0.2, 0.25) is 0 Å². The van der Waals surface area contributed by atoms with Gasteiger partial charge in [0, 0.05) is 19.3 Å². The largest absolute Gasteiger partial charge is 0.480 e. The Balaban J connectivity index is 3.04. The molecule has 0 aromatic carbocycles. The summed E-state index contributed by atoms with van der Waals surface area (Å²) >= 11 is 0. The molecule has 1 aromatic heterocycles. The van der Waals surface area contributed by atoms with E-state index in [2.05, 4.69) is 5.10 Å². The molecule has 0 aliphatic carbocycles. The number of amides is 1. The van der Waals surface area contributed by atoms with Gasteiger partial charge in [-0.15, -0.1) is 0 Å². The minimum Gasteiger partial charge on any atom is -0.480 e. The highest BCUT2D eigenvalue weighted by atomic mass is 16.4. The molecule has 0 aliphatic rings. The summed E-state index contributed by atoms with van der Waals surface area (Å²) in [5.74, 6) is -1.33. The van der Waals surface area contributed by atoms with Crippen LogP contribution >= 0.6 is 0 Å². The zero-order valence-electron chi connectivity index (χ0n) is 10.5. The third-order valence-corrected chi connectivity index (χ3v) is 2.61. The SMILES string of the molecule is CCn1nc(C)c(C(=O)N(C)CC(=O)O)c1C. The molecule has 1 rings (SSSR count). The highest BCUT2D eigenvalue weighted by Crippen LogP contribution is 2.14. The topological polar surface area (TPSA) is 75.4 Å². The van der Waals surface area contributed by atoms with Crippen LogP contribution in [0, 0.1) is 13.8 Å². The lowest BCUT2D eigenvalue weighted by Gasteiger charge is -2.14. The van der Waals surface area contributed by atoms with Crippen LogP contribution in [0.3, 0.4) is 0 Å². The van der Waals surface area contributed by atoms with Gasteiger partial charge in [-0.05, 0) is 20.8 Å². The van der Waals surface area contributed by atoms with Crippen molar-refractivity contribution in [3.8, 4) is 0 Å². The molecule has 6 nitrogen and oxygen atoms in total. The number of rotatable bonds is 4. The molecule has 6 heteroatoms. The molecule has 1 aromatic rings. The molecule has 0 aliphatic heterocycles. The second-order valence-corrected chi connectivity index (χ2v) is 3.92. The summed E-state index contributed by atoms with van der Waals surface area (Å²) in [5, 5.41) is 12.9. The molecule has 1 amide bonds. The summed E-state index contributed by atoms with van der Waals surface area (Å²) in [4.78, 5) is 23.8. The van der Waals surface area contributed by atoms with Crippen molar-refractivity contribution in [1.82, 2.24) is 14.7 Å². The number of carbonyl (C=O) groups is 2. The lowest BCUT2D eigenvalue weighted by molar-refractivity contribution is -0.137. The van der Waals surface area contributed by atoms with Crippen LogP contribution in [0.15, 0.2) is 0 Å². The molecule has 0 spiro atoms. The lowest BCUT2D eigenvalue weighted by Crippen LogP contribution is -2.32. The smallest absolute Gasteiger partial charge is 0.323 e. The molecule has 0 atom stereocenters. The van der Waals surface area contributed by atoms with E-state index in [0.717, 1.165) is 5.69 Å². The minimum absolute atomic E-state index is 0.304. The first-order chi connectivity index (χ1) is 7.88. The highest BCUT2D eigenvalue weighted by molar-refractivity contribution is 5.97. The number of carboxylic acid groups (broad SMARTS) is 1. The molecule has 94 valence electrons. The number of aromatic nitrogens is 2. The third-order valence-electron chi connectivity index (χ3n) is 2.61. The van der Waals surface area contributed by atoms with Crippen molar-refractivity contribution in [3.63, 3.8) is 0 Å². The zero-order chi connectivity index (χ0) is 13.2. The average Bonchev–Trinajstić information content (AvgIpc) is 2.51. The molecule has 0 saturated carbocycles. The maximum absolute atomic E-state index is 12.1. The number of hydrogen-bond acceptors (Lipinski definition) is 3. The van der Waals surface area contributed by atoms with Crippen molar-refractivity contribution in [1.29, 1.82) is 0 Å². The summed E-state index contributed by atoms with van der Waals surface area (Å²) in [6.45, 7) is 5.87. The fourth-order valence-electron chi connectivity index (χ4n) is 1.78. The van der Waals surface area contributed by atoms with Gasteiger partial charge in [0.1, 0.15) is 6.54 Å². The number of aryl methyl sites for hydroxylation is 2. The van der Waals surface area contributed by atoms with E-state index in [-0.39, 0.29) is 12.5 Å². The van der Waals surface area contributed by atoms with E-state index in [1.165, 1.54) is 11.9 Å². The lowest BCUT2D eigenvalue weighted by atomic mass is 10.1. The highest BCUT2D eigenvalue weighted by Gasteiger charge is 2.22. The van der Waals surface area contributed by atoms with Crippen molar-refractivity contribution in [3.05, 3.63) is 17.0 Å². The van der Waals surface area contributed by atoms with Crippen LogP contribution in [0.25, 0.3) is 0 Å². The standard InChI is InChI=1S/C11H17N3O3/c1-5-14-8(3)10(7(2)12-14)11(17)13(4)6-9(15)16/h5-6H2,1-4H3,(H,15,16). The first kappa shape index (κ1) is 13.2. The van der Waals surface area contributed by atoms with Crippen molar-refractivity contribution < 1.29 is 14.7 Å². The van der Waals surface area contributed by atoms with E-state index in [1.807, 2.05) is 13.8 Å². The monoisotopic (exact) mass is 239 g/mol. The Bertz CT molecular complexity index is 451. The number of aliphatic carboxylic acids is 1. The van der Waals surface area contributed by atoms with Crippen LogP contribution in [-0.4, -0.2) is 45.3 Å². The van der Waals surface area contributed by atoms with E-state index < -0.39 is 5.97 Å². The van der Waals surface area contributed by atoms with Gasteiger partial charge in [0.05, 0.1) is 11.3 Å². The predicted octanol–water partition coefficient (Wildman–Crippen LogP) is 0.676. The maximum atomic E-state index is 12.1. The Labute approximate surface area is 99.8 Å². The van der Waals surface area contributed by atoms with Gasteiger partial charge in [0.25, 0.3) is 5.91 Å². The summed E-state index contributed by atoms with van der Waals surface area (Å²) in [7, 11) is 1.47. The van der Waals surface area contributed by atoms with Crippen molar-refractivity contribution in [2.45, 2.75) is 27.3 Å². The van der Waals surface area contributed by atoms with Gasteiger partial charge in [-0.25, -0.2) is 0 Å². The first-order valence-corrected chi connectivity index (χ1v) is 5.39. The third kappa shape index (κ3) is 2.64. The van der Waals surface area contributed by atoms with Crippen LogP contribution in [0.1, 0.15) is 28.7 Å². The number of carboxylic acids is 1. The number of carbonyl (C=O) groups excluding carboxylic acids is 1. The Morgan fingerprint density at radius 3 is 2.41 bits per heavy atom. The maximum Gasteiger partial charge on any atom is 0.323 e. The molecule has 0 radical (unpaired) electrons. The Hall–Kier alpha value is -1.85. The van der Waals surface area contributed by atoms with Gasteiger partial charge in [-0.1, -0.05) is 0 Å². The van der Waals surface area contributed by atoms with E-state index in [1.54, 1.807) is 11.6 Å². The number of hydrogen-bond donors (Lipinski definition) is 1. The first-order valence-electron chi connectivity index (χ1n) is 5.39. The van der Waals surface area contributed by atoms with Gasteiger partial charge < -0.3 is 10.0 Å². The second kappa shape index (κ2) is 4.99. The predicted molar refractivity (Wildman–Crippen MR) is 62.0 cm³/mol. The quantitative estimate of drug-likeness (QED) is 0.838.